The standard InChI is InChI=1S/C13H16Cl2O5S/c1-7(2)8(3)20-13(16)10-5-9(14)6-11(12(10)19-4)21(15,17)18/h5-8H,1-4H3. The van der Waals surface area contributed by atoms with Crippen molar-refractivity contribution in [3.05, 3.63) is 22.7 Å². The number of carbonyl (C=O) groups excluding carboxylic acids is 1. The van der Waals surface area contributed by atoms with Crippen molar-refractivity contribution in [2.75, 3.05) is 7.11 Å². The number of methoxy groups -OCH3 is 1. The molecule has 1 unspecified atom stereocenters. The summed E-state index contributed by atoms with van der Waals surface area (Å²) in [5.41, 5.74) is -0.0864. The van der Waals surface area contributed by atoms with Gasteiger partial charge >= 0.3 is 5.97 Å². The second kappa shape index (κ2) is 6.85. The average Bonchev–Trinajstić information content (AvgIpc) is 2.36. The Morgan fingerprint density at radius 1 is 1.24 bits per heavy atom. The molecule has 118 valence electrons. The zero-order chi connectivity index (χ0) is 16.4. The van der Waals surface area contributed by atoms with Crippen molar-refractivity contribution in [3.63, 3.8) is 0 Å². The lowest BCUT2D eigenvalue weighted by molar-refractivity contribution is 0.0234. The normalized spacial score (nSPS) is 13.1. The van der Waals surface area contributed by atoms with Crippen LogP contribution < -0.4 is 4.74 Å². The lowest BCUT2D eigenvalue weighted by Crippen LogP contribution is -2.21. The van der Waals surface area contributed by atoms with E-state index >= 15 is 0 Å². The first-order valence-corrected chi connectivity index (χ1v) is 8.79. The van der Waals surface area contributed by atoms with E-state index in [0.717, 1.165) is 6.07 Å². The number of halogens is 2. The quantitative estimate of drug-likeness (QED) is 0.597. The molecule has 0 aliphatic rings. The van der Waals surface area contributed by atoms with E-state index in [-0.39, 0.29) is 33.3 Å². The Hall–Kier alpha value is -0.980. The number of hydrogen-bond donors (Lipinski definition) is 0. The molecule has 1 aromatic rings. The van der Waals surface area contributed by atoms with E-state index in [1.165, 1.54) is 13.2 Å². The molecule has 1 atom stereocenters. The topological polar surface area (TPSA) is 69.7 Å². The molecule has 0 N–H and O–H groups in total. The number of esters is 1. The van der Waals surface area contributed by atoms with Gasteiger partial charge in [-0.05, 0) is 25.0 Å². The molecule has 0 radical (unpaired) electrons. The van der Waals surface area contributed by atoms with E-state index in [4.69, 9.17) is 31.8 Å². The van der Waals surface area contributed by atoms with E-state index < -0.39 is 15.0 Å². The second-order valence-electron chi connectivity index (χ2n) is 4.78. The van der Waals surface area contributed by atoms with Gasteiger partial charge in [0.15, 0.2) is 5.75 Å². The Bertz CT molecular complexity index is 640. The maximum absolute atomic E-state index is 12.2. The van der Waals surface area contributed by atoms with Crippen molar-refractivity contribution in [2.45, 2.75) is 31.8 Å². The summed E-state index contributed by atoms with van der Waals surface area (Å²) in [6, 6.07) is 2.40. The smallest absolute Gasteiger partial charge is 0.342 e. The predicted octanol–water partition coefficient (Wildman–Crippen LogP) is 3.48. The SMILES string of the molecule is COc1c(C(=O)OC(C)C(C)C)cc(Cl)cc1S(=O)(=O)Cl. The zero-order valence-corrected chi connectivity index (χ0v) is 14.3. The Morgan fingerprint density at radius 3 is 2.24 bits per heavy atom. The third-order valence-electron chi connectivity index (χ3n) is 2.94. The van der Waals surface area contributed by atoms with Crippen LogP contribution in [0, 0.1) is 5.92 Å². The highest BCUT2D eigenvalue weighted by Gasteiger charge is 2.26. The highest BCUT2D eigenvalue weighted by Crippen LogP contribution is 2.34. The molecule has 8 heteroatoms. The van der Waals surface area contributed by atoms with Crippen LogP contribution in [0.5, 0.6) is 5.75 Å². The minimum absolute atomic E-state index is 0.0409. The molecule has 0 heterocycles. The summed E-state index contributed by atoms with van der Waals surface area (Å²) in [4.78, 5) is 11.8. The minimum atomic E-state index is -4.11. The second-order valence-corrected chi connectivity index (χ2v) is 7.75. The minimum Gasteiger partial charge on any atom is -0.494 e. The molecule has 0 aliphatic carbocycles. The van der Waals surface area contributed by atoms with Gasteiger partial charge in [-0.25, -0.2) is 13.2 Å². The summed E-state index contributed by atoms with van der Waals surface area (Å²) < 4.78 is 33.3. The van der Waals surface area contributed by atoms with E-state index in [0.29, 0.717) is 0 Å². The molecule has 0 spiro atoms. The van der Waals surface area contributed by atoms with Crippen LogP contribution in [0.15, 0.2) is 17.0 Å². The fraction of sp³-hybridized carbons (Fsp3) is 0.462. The molecule has 1 rings (SSSR count). The summed E-state index contributed by atoms with van der Waals surface area (Å²) in [5.74, 6) is -0.803. The van der Waals surface area contributed by atoms with Gasteiger partial charge in [-0.2, -0.15) is 0 Å². The van der Waals surface area contributed by atoms with Crippen LogP contribution in [0.2, 0.25) is 5.02 Å². The molecule has 0 saturated carbocycles. The first-order valence-electron chi connectivity index (χ1n) is 6.11. The monoisotopic (exact) mass is 354 g/mol. The molecule has 0 aromatic heterocycles. The average molecular weight is 355 g/mol. The lowest BCUT2D eigenvalue weighted by atomic mass is 10.1. The first kappa shape index (κ1) is 18.1. The number of hydrogen-bond acceptors (Lipinski definition) is 5. The van der Waals surface area contributed by atoms with Gasteiger partial charge in [0.1, 0.15) is 16.6 Å². The molecule has 5 nitrogen and oxygen atoms in total. The van der Waals surface area contributed by atoms with Gasteiger partial charge in [0.05, 0.1) is 7.11 Å². The van der Waals surface area contributed by atoms with Crippen LogP contribution in [-0.2, 0) is 13.8 Å². The molecule has 0 saturated heterocycles. The fourth-order valence-corrected chi connectivity index (χ4v) is 2.79. The molecule has 1 aromatic carbocycles. The van der Waals surface area contributed by atoms with Crippen molar-refractivity contribution in [3.8, 4) is 5.75 Å². The number of benzene rings is 1. The fourth-order valence-electron chi connectivity index (χ4n) is 1.48. The Morgan fingerprint density at radius 2 is 1.81 bits per heavy atom. The Kier molecular flexibility index (Phi) is 5.90. The lowest BCUT2D eigenvalue weighted by Gasteiger charge is -2.18. The maximum Gasteiger partial charge on any atom is 0.342 e. The summed E-state index contributed by atoms with van der Waals surface area (Å²) in [6.07, 6.45) is -0.350. The summed E-state index contributed by atoms with van der Waals surface area (Å²) in [6.45, 7) is 5.52. The van der Waals surface area contributed by atoms with Crippen molar-refractivity contribution in [1.82, 2.24) is 0 Å². The van der Waals surface area contributed by atoms with Crippen LogP contribution in [0.3, 0.4) is 0 Å². The van der Waals surface area contributed by atoms with Gasteiger partial charge in [0.25, 0.3) is 9.05 Å². The summed E-state index contributed by atoms with van der Waals surface area (Å²) in [5, 5.41) is 0.0409. The van der Waals surface area contributed by atoms with E-state index in [1.807, 2.05) is 13.8 Å². The van der Waals surface area contributed by atoms with Crippen molar-refractivity contribution < 1.29 is 22.7 Å². The van der Waals surface area contributed by atoms with Gasteiger partial charge in [-0.15, -0.1) is 0 Å². The third-order valence-corrected chi connectivity index (χ3v) is 4.48. The number of ether oxygens (including phenoxy) is 2. The van der Waals surface area contributed by atoms with E-state index in [2.05, 4.69) is 0 Å². The van der Waals surface area contributed by atoms with Gasteiger partial charge in [0, 0.05) is 15.7 Å². The Labute approximate surface area is 133 Å². The molecular weight excluding hydrogens is 339 g/mol. The highest BCUT2D eigenvalue weighted by molar-refractivity contribution is 8.13. The van der Waals surface area contributed by atoms with E-state index in [1.54, 1.807) is 6.92 Å². The molecule has 21 heavy (non-hydrogen) atoms. The molecular formula is C13H16Cl2O5S. The summed E-state index contributed by atoms with van der Waals surface area (Å²) >= 11 is 5.84. The Balaban J connectivity index is 3.36. The maximum atomic E-state index is 12.2. The predicted molar refractivity (Wildman–Crippen MR) is 80.8 cm³/mol. The van der Waals surface area contributed by atoms with Gasteiger partial charge < -0.3 is 9.47 Å². The van der Waals surface area contributed by atoms with Crippen molar-refractivity contribution in [2.24, 2.45) is 5.92 Å². The first-order chi connectivity index (χ1) is 9.57. The van der Waals surface area contributed by atoms with Crippen molar-refractivity contribution >= 4 is 37.3 Å². The third kappa shape index (κ3) is 4.49. The van der Waals surface area contributed by atoms with Crippen molar-refractivity contribution in [1.29, 1.82) is 0 Å². The van der Waals surface area contributed by atoms with Crippen LogP contribution in [-0.4, -0.2) is 27.6 Å². The van der Waals surface area contributed by atoms with Crippen LogP contribution in [0.4, 0.5) is 0 Å². The van der Waals surface area contributed by atoms with Crippen LogP contribution in [0.1, 0.15) is 31.1 Å². The summed E-state index contributed by atoms with van der Waals surface area (Å²) in [7, 11) is 2.45. The van der Waals surface area contributed by atoms with Gasteiger partial charge in [0.2, 0.25) is 0 Å². The van der Waals surface area contributed by atoms with Gasteiger partial charge in [-0.1, -0.05) is 25.4 Å². The number of rotatable bonds is 5. The zero-order valence-electron chi connectivity index (χ0n) is 12.0. The van der Waals surface area contributed by atoms with Crippen LogP contribution in [0.25, 0.3) is 0 Å². The largest absolute Gasteiger partial charge is 0.494 e. The number of carbonyl (C=O) groups is 1. The highest BCUT2D eigenvalue weighted by atomic mass is 35.7. The van der Waals surface area contributed by atoms with Gasteiger partial charge in [-0.3, -0.25) is 0 Å². The molecule has 0 bridgehead atoms. The van der Waals surface area contributed by atoms with E-state index in [9.17, 15) is 13.2 Å². The molecule has 0 fully saturated rings. The molecule has 0 amide bonds. The molecule has 0 aliphatic heterocycles. The van der Waals surface area contributed by atoms with Crippen LogP contribution >= 0.6 is 22.3 Å².